The first-order valence-corrected chi connectivity index (χ1v) is 7.80. The summed E-state index contributed by atoms with van der Waals surface area (Å²) in [5.74, 6) is 0.786. The molecule has 4 heteroatoms. The van der Waals surface area contributed by atoms with Crippen molar-refractivity contribution in [2.45, 2.75) is 39.2 Å². The van der Waals surface area contributed by atoms with Crippen LogP contribution in [0.3, 0.4) is 0 Å². The summed E-state index contributed by atoms with van der Waals surface area (Å²) in [6.45, 7) is 8.05. The van der Waals surface area contributed by atoms with Crippen LogP contribution in [0.2, 0.25) is 0 Å². The van der Waals surface area contributed by atoms with Gasteiger partial charge in [0, 0.05) is 26.2 Å². The van der Waals surface area contributed by atoms with Gasteiger partial charge in [0.05, 0.1) is 0 Å². The van der Waals surface area contributed by atoms with Crippen molar-refractivity contribution in [2.24, 2.45) is 5.92 Å². The Balaban J connectivity index is 2.28. The van der Waals surface area contributed by atoms with Gasteiger partial charge in [-0.05, 0) is 38.0 Å². The van der Waals surface area contributed by atoms with E-state index < -0.39 is 0 Å². The Bertz CT molecular complexity index is 238. The minimum absolute atomic E-state index is 0.200. The second-order valence-corrected chi connectivity index (χ2v) is 6.09. The zero-order valence-corrected chi connectivity index (χ0v) is 12.4. The van der Waals surface area contributed by atoms with Gasteiger partial charge in [-0.2, -0.15) is 0 Å². The lowest BCUT2D eigenvalue weighted by atomic mass is 10.0. The molecule has 1 heterocycles. The van der Waals surface area contributed by atoms with E-state index in [0.29, 0.717) is 6.04 Å². The molecule has 0 atom stereocenters. The largest absolute Gasteiger partial charge is 0.334 e. The minimum atomic E-state index is 0.200. The van der Waals surface area contributed by atoms with Gasteiger partial charge in [0.1, 0.15) is 0 Å². The van der Waals surface area contributed by atoms with Crippen molar-refractivity contribution >= 4 is 17.0 Å². The van der Waals surface area contributed by atoms with E-state index in [-0.39, 0.29) is 5.24 Å². The Labute approximate surface area is 110 Å². The van der Waals surface area contributed by atoms with Gasteiger partial charge in [-0.15, -0.1) is 0 Å². The molecule has 17 heavy (non-hydrogen) atoms. The van der Waals surface area contributed by atoms with E-state index in [1.54, 1.807) is 0 Å². The van der Waals surface area contributed by atoms with Crippen molar-refractivity contribution in [1.29, 1.82) is 0 Å². The van der Waals surface area contributed by atoms with E-state index in [4.69, 9.17) is 0 Å². The quantitative estimate of drug-likeness (QED) is 0.774. The molecule has 0 aromatic rings. The summed E-state index contributed by atoms with van der Waals surface area (Å²) in [7, 11) is 1.94. The molecule has 0 aromatic carbocycles. The van der Waals surface area contributed by atoms with E-state index in [0.717, 1.165) is 31.8 Å². The molecule has 1 amide bonds. The highest BCUT2D eigenvalue weighted by Gasteiger charge is 2.24. The van der Waals surface area contributed by atoms with E-state index in [9.17, 15) is 4.79 Å². The van der Waals surface area contributed by atoms with Crippen LogP contribution in [-0.2, 0) is 0 Å². The maximum Gasteiger partial charge on any atom is 0.281 e. The third-order valence-electron chi connectivity index (χ3n) is 3.59. The monoisotopic (exact) mass is 258 g/mol. The maximum atomic E-state index is 11.6. The Morgan fingerprint density at radius 3 is 2.47 bits per heavy atom. The van der Waals surface area contributed by atoms with Gasteiger partial charge in [0.2, 0.25) is 0 Å². The molecule has 0 radical (unpaired) electrons. The molecule has 1 aliphatic rings. The molecular weight excluding hydrogens is 232 g/mol. The third kappa shape index (κ3) is 4.88. The van der Waals surface area contributed by atoms with Crippen molar-refractivity contribution in [3.8, 4) is 0 Å². The number of piperidine rings is 1. The van der Waals surface area contributed by atoms with Gasteiger partial charge in [0.15, 0.2) is 0 Å². The number of thioether (sulfide) groups is 1. The number of nitrogens with zero attached hydrogens (tertiary/aromatic N) is 2. The molecule has 0 spiro atoms. The number of hydrogen-bond donors (Lipinski definition) is 0. The molecule has 100 valence electrons. The lowest BCUT2D eigenvalue weighted by Gasteiger charge is -2.36. The van der Waals surface area contributed by atoms with Gasteiger partial charge >= 0.3 is 0 Å². The summed E-state index contributed by atoms with van der Waals surface area (Å²) in [5.41, 5.74) is 0. The third-order valence-corrected chi connectivity index (χ3v) is 4.23. The summed E-state index contributed by atoms with van der Waals surface area (Å²) in [6.07, 6.45) is 5.39. The first-order chi connectivity index (χ1) is 8.04. The fraction of sp³-hybridized carbons (Fsp3) is 0.923. The standard InChI is InChI=1S/C13H26N2OS/c1-11(2)5-8-15-9-6-12(7-10-15)14(3)13(16)17-4/h11-12H,5-10H2,1-4H3. The molecule has 0 bridgehead atoms. The van der Waals surface area contributed by atoms with Crippen LogP contribution in [0.25, 0.3) is 0 Å². The highest BCUT2D eigenvalue weighted by molar-refractivity contribution is 8.12. The SMILES string of the molecule is CSC(=O)N(C)C1CCN(CCC(C)C)CC1. The summed E-state index contributed by atoms with van der Waals surface area (Å²) in [4.78, 5) is 16.0. The van der Waals surface area contributed by atoms with Crippen LogP contribution >= 0.6 is 11.8 Å². The second-order valence-electron chi connectivity index (χ2n) is 5.34. The number of carbonyl (C=O) groups is 1. The van der Waals surface area contributed by atoms with Crippen molar-refractivity contribution < 1.29 is 4.79 Å². The zero-order chi connectivity index (χ0) is 12.8. The fourth-order valence-electron chi connectivity index (χ4n) is 2.26. The number of carbonyl (C=O) groups excluding carboxylic acids is 1. The molecule has 0 aromatic heterocycles. The molecule has 0 N–H and O–H groups in total. The first kappa shape index (κ1) is 14.8. The number of hydrogen-bond acceptors (Lipinski definition) is 3. The molecule has 0 unspecified atom stereocenters. The molecule has 1 aliphatic heterocycles. The molecule has 1 fully saturated rings. The second kappa shape index (κ2) is 7.27. The first-order valence-electron chi connectivity index (χ1n) is 6.57. The highest BCUT2D eigenvalue weighted by Crippen LogP contribution is 2.18. The van der Waals surface area contributed by atoms with Crippen molar-refractivity contribution in [2.75, 3.05) is 32.9 Å². The molecular formula is C13H26N2OS. The van der Waals surface area contributed by atoms with Crippen LogP contribution in [0.4, 0.5) is 4.79 Å². The number of amides is 1. The maximum absolute atomic E-state index is 11.6. The number of rotatable bonds is 4. The van der Waals surface area contributed by atoms with Crippen LogP contribution in [-0.4, -0.2) is 54.0 Å². The van der Waals surface area contributed by atoms with Gasteiger partial charge in [-0.25, -0.2) is 0 Å². The van der Waals surface area contributed by atoms with Crippen LogP contribution in [0.15, 0.2) is 0 Å². The van der Waals surface area contributed by atoms with Crippen molar-refractivity contribution in [3.05, 3.63) is 0 Å². The van der Waals surface area contributed by atoms with E-state index in [1.807, 2.05) is 18.2 Å². The minimum Gasteiger partial charge on any atom is -0.334 e. The van der Waals surface area contributed by atoms with Gasteiger partial charge in [-0.1, -0.05) is 25.6 Å². The van der Waals surface area contributed by atoms with Crippen molar-refractivity contribution in [3.63, 3.8) is 0 Å². The van der Waals surface area contributed by atoms with Crippen molar-refractivity contribution in [1.82, 2.24) is 9.80 Å². The van der Waals surface area contributed by atoms with Gasteiger partial charge in [-0.3, -0.25) is 4.79 Å². The lowest BCUT2D eigenvalue weighted by molar-refractivity contribution is 0.142. The highest BCUT2D eigenvalue weighted by atomic mass is 32.2. The molecule has 0 aliphatic carbocycles. The Morgan fingerprint density at radius 2 is 2.00 bits per heavy atom. The van der Waals surface area contributed by atoms with Crippen LogP contribution < -0.4 is 0 Å². The van der Waals surface area contributed by atoms with E-state index in [1.165, 1.54) is 24.7 Å². The average molecular weight is 258 g/mol. The van der Waals surface area contributed by atoms with Gasteiger partial charge in [0.25, 0.3) is 5.24 Å². The van der Waals surface area contributed by atoms with Crippen LogP contribution in [0, 0.1) is 5.92 Å². The van der Waals surface area contributed by atoms with Gasteiger partial charge < -0.3 is 9.80 Å². The summed E-state index contributed by atoms with van der Waals surface area (Å²) in [6, 6.07) is 0.449. The summed E-state index contributed by atoms with van der Waals surface area (Å²) < 4.78 is 0. The molecule has 3 nitrogen and oxygen atoms in total. The lowest BCUT2D eigenvalue weighted by Crippen LogP contribution is -2.44. The van der Waals surface area contributed by atoms with Crippen LogP contribution in [0.1, 0.15) is 33.1 Å². The van der Waals surface area contributed by atoms with E-state index in [2.05, 4.69) is 18.7 Å². The fourth-order valence-corrected chi connectivity index (χ4v) is 2.70. The molecule has 1 saturated heterocycles. The summed E-state index contributed by atoms with van der Waals surface area (Å²) in [5, 5.41) is 0.200. The Hall–Kier alpha value is -0.220. The van der Waals surface area contributed by atoms with Crippen LogP contribution in [0.5, 0.6) is 0 Å². The molecule has 0 saturated carbocycles. The smallest absolute Gasteiger partial charge is 0.281 e. The average Bonchev–Trinajstić information content (AvgIpc) is 2.35. The Morgan fingerprint density at radius 1 is 1.41 bits per heavy atom. The predicted octanol–water partition coefficient (Wildman–Crippen LogP) is 2.91. The summed E-state index contributed by atoms with van der Waals surface area (Å²) >= 11 is 1.31. The molecule has 1 rings (SSSR count). The van der Waals surface area contributed by atoms with E-state index >= 15 is 0 Å². The normalized spacial score (nSPS) is 18.6. The topological polar surface area (TPSA) is 23.6 Å². The Kier molecular flexibility index (Phi) is 6.34. The predicted molar refractivity (Wildman–Crippen MR) is 75.6 cm³/mol. The zero-order valence-electron chi connectivity index (χ0n) is 11.6. The number of likely N-dealkylation sites (tertiary alicyclic amines) is 1.